The summed E-state index contributed by atoms with van der Waals surface area (Å²) in [4.78, 5) is 0. The number of hydrogen-bond donors (Lipinski definition) is 1. The standard InChI is InChI=1S/C3H8O.Ac/c1-3(2)4;/h3-4H,1-2H3;. The van der Waals surface area contributed by atoms with Gasteiger partial charge in [-0.15, -0.1) is 0 Å². The third-order valence-corrected chi connectivity index (χ3v) is 0. The average molecular weight is 287 g/mol. The van der Waals surface area contributed by atoms with E-state index in [1.807, 2.05) is 0 Å². The zero-order valence-electron chi connectivity index (χ0n) is 3.60. The first kappa shape index (κ1) is 9.64. The summed E-state index contributed by atoms with van der Waals surface area (Å²) in [5, 5.41) is 8.06. The van der Waals surface area contributed by atoms with Gasteiger partial charge in [-0.1, -0.05) is 0 Å². The van der Waals surface area contributed by atoms with Crippen molar-refractivity contribution in [3.63, 3.8) is 0 Å². The maximum absolute atomic E-state index is 8.06. The van der Waals surface area contributed by atoms with Gasteiger partial charge in [0, 0.05) is 50.2 Å². The molecule has 1 N–H and O–H groups in total. The van der Waals surface area contributed by atoms with Gasteiger partial charge in [-0.25, -0.2) is 0 Å². The first-order chi connectivity index (χ1) is 1.73. The molecule has 1 radical (unpaired) electrons. The molecule has 29 valence electrons. The Morgan fingerprint density at radius 3 is 1.40 bits per heavy atom. The Bertz CT molecular complexity index is 11.6. The normalized spacial score (nSPS) is 7.20. The molecular formula is C3H8AcO. The predicted octanol–water partition coefficient (Wildman–Crippen LogP) is 0.387. The smallest absolute Gasteiger partial charge is 0.0483 e. The van der Waals surface area contributed by atoms with E-state index in [9.17, 15) is 0 Å². The molecule has 0 aliphatic rings. The molecule has 0 aromatic heterocycles. The van der Waals surface area contributed by atoms with Crippen LogP contribution in [0.3, 0.4) is 0 Å². The van der Waals surface area contributed by atoms with Gasteiger partial charge in [-0.2, -0.15) is 0 Å². The molecule has 0 rings (SSSR count). The van der Waals surface area contributed by atoms with Crippen LogP contribution in [0.4, 0.5) is 0 Å². The molecule has 0 heterocycles. The van der Waals surface area contributed by atoms with Gasteiger partial charge in [0.1, 0.15) is 0 Å². The van der Waals surface area contributed by atoms with Crippen LogP contribution in [0.25, 0.3) is 0 Å². The van der Waals surface area contributed by atoms with E-state index in [2.05, 4.69) is 0 Å². The SMILES string of the molecule is CC(C)O.[Ac]. The van der Waals surface area contributed by atoms with Gasteiger partial charge in [0.15, 0.2) is 0 Å². The zero-order chi connectivity index (χ0) is 3.58. The van der Waals surface area contributed by atoms with Gasteiger partial charge in [-0.05, 0) is 13.8 Å². The first-order valence-corrected chi connectivity index (χ1v) is 1.41. The summed E-state index contributed by atoms with van der Waals surface area (Å²) in [6.45, 7) is 3.44. The minimum absolute atomic E-state index is 0. The maximum atomic E-state index is 8.06. The predicted molar refractivity (Wildman–Crippen MR) is 17.4 cm³/mol. The Morgan fingerprint density at radius 2 is 1.40 bits per heavy atom. The summed E-state index contributed by atoms with van der Waals surface area (Å²) in [6, 6.07) is 0. The van der Waals surface area contributed by atoms with E-state index in [0.29, 0.717) is 0 Å². The second kappa shape index (κ2) is 5.40. The van der Waals surface area contributed by atoms with Crippen molar-refractivity contribution in [2.45, 2.75) is 20.0 Å². The second-order valence-electron chi connectivity index (χ2n) is 1.09. The fourth-order valence-corrected chi connectivity index (χ4v) is 0. The Kier molecular flexibility index (Phi) is 10.4. The molecule has 5 heavy (non-hydrogen) atoms. The van der Waals surface area contributed by atoms with Crippen LogP contribution in [0.1, 0.15) is 13.8 Å². The number of rotatable bonds is 0. The van der Waals surface area contributed by atoms with Crippen LogP contribution < -0.4 is 0 Å². The molecule has 0 aliphatic carbocycles. The van der Waals surface area contributed by atoms with Crippen molar-refractivity contribution in [2.75, 3.05) is 0 Å². The summed E-state index contributed by atoms with van der Waals surface area (Å²) in [6.07, 6.45) is -0.167. The van der Waals surface area contributed by atoms with Crippen LogP contribution in [-0.2, 0) is 0 Å². The van der Waals surface area contributed by atoms with E-state index in [1.165, 1.54) is 0 Å². The van der Waals surface area contributed by atoms with Gasteiger partial charge in [0.25, 0.3) is 0 Å². The van der Waals surface area contributed by atoms with Gasteiger partial charge in [-0.3, -0.25) is 0 Å². The van der Waals surface area contributed by atoms with Crippen molar-refractivity contribution >= 4 is 0 Å². The van der Waals surface area contributed by atoms with Crippen LogP contribution >= 0.6 is 0 Å². The molecule has 0 aromatic carbocycles. The monoisotopic (exact) mass is 287 g/mol. The molecule has 0 bridgehead atoms. The van der Waals surface area contributed by atoms with E-state index in [0.717, 1.165) is 0 Å². The molecule has 0 atom stereocenters. The summed E-state index contributed by atoms with van der Waals surface area (Å²) in [5.41, 5.74) is 0. The van der Waals surface area contributed by atoms with Crippen LogP contribution in [0.15, 0.2) is 0 Å². The van der Waals surface area contributed by atoms with Gasteiger partial charge < -0.3 is 5.11 Å². The molecule has 0 amide bonds. The van der Waals surface area contributed by atoms with Crippen molar-refractivity contribution in [3.05, 3.63) is 0 Å². The average Bonchev–Trinajstić information content (AvgIpc) is 0.811. The fraction of sp³-hybridized carbons (Fsp3) is 1.00. The van der Waals surface area contributed by atoms with Gasteiger partial charge in [0.05, 0.1) is 0 Å². The van der Waals surface area contributed by atoms with E-state index >= 15 is 0 Å². The Balaban J connectivity index is 0. The van der Waals surface area contributed by atoms with Crippen LogP contribution in [0, 0.1) is 44.1 Å². The molecule has 1 nitrogen and oxygen atoms in total. The van der Waals surface area contributed by atoms with Crippen molar-refractivity contribution in [3.8, 4) is 0 Å². The fourth-order valence-electron chi connectivity index (χ4n) is 0. The van der Waals surface area contributed by atoms with E-state index in [1.54, 1.807) is 13.8 Å². The summed E-state index contributed by atoms with van der Waals surface area (Å²) >= 11 is 0. The minimum Gasteiger partial charge on any atom is -0.394 e. The molecule has 0 aromatic rings. The van der Waals surface area contributed by atoms with Crippen molar-refractivity contribution in [2.24, 2.45) is 0 Å². The van der Waals surface area contributed by atoms with E-state index in [4.69, 9.17) is 5.11 Å². The largest absolute Gasteiger partial charge is 0.394 e. The quantitative estimate of drug-likeness (QED) is 0.683. The van der Waals surface area contributed by atoms with Crippen LogP contribution in [0.2, 0.25) is 0 Å². The van der Waals surface area contributed by atoms with Gasteiger partial charge >= 0.3 is 0 Å². The van der Waals surface area contributed by atoms with Crippen molar-refractivity contribution in [1.29, 1.82) is 0 Å². The summed E-state index contributed by atoms with van der Waals surface area (Å²) < 4.78 is 0. The van der Waals surface area contributed by atoms with E-state index in [-0.39, 0.29) is 50.2 Å². The van der Waals surface area contributed by atoms with Gasteiger partial charge in [0.2, 0.25) is 0 Å². The topological polar surface area (TPSA) is 20.2 Å². The molecule has 2 heteroatoms. The molecule has 0 aliphatic heterocycles. The van der Waals surface area contributed by atoms with Crippen LogP contribution in [0.5, 0.6) is 0 Å². The summed E-state index contributed by atoms with van der Waals surface area (Å²) in [5.74, 6) is 0. The summed E-state index contributed by atoms with van der Waals surface area (Å²) in [7, 11) is 0. The first-order valence-electron chi connectivity index (χ1n) is 1.41. The molecular weight excluding hydrogens is 279 g/mol. The molecule has 0 fully saturated rings. The number of hydrogen-bond acceptors (Lipinski definition) is 1. The minimum atomic E-state index is -0.167. The second-order valence-corrected chi connectivity index (χ2v) is 1.09. The number of aliphatic hydroxyl groups excluding tert-OH is 1. The van der Waals surface area contributed by atoms with Crippen molar-refractivity contribution in [1.82, 2.24) is 0 Å². The molecule has 0 unspecified atom stereocenters. The molecule has 0 saturated heterocycles. The zero-order valence-corrected chi connectivity index (χ0v) is 8.35. The Hall–Kier alpha value is 1.40. The third kappa shape index (κ3) is 31.8. The number of aliphatic hydroxyl groups is 1. The van der Waals surface area contributed by atoms with Crippen molar-refractivity contribution < 1.29 is 49.2 Å². The Labute approximate surface area is 68.3 Å². The third-order valence-electron chi connectivity index (χ3n) is 0. The molecule has 0 spiro atoms. The Morgan fingerprint density at radius 1 is 1.40 bits per heavy atom. The maximum Gasteiger partial charge on any atom is 0.0483 e. The molecule has 0 saturated carbocycles. The van der Waals surface area contributed by atoms with E-state index < -0.39 is 0 Å². The van der Waals surface area contributed by atoms with Crippen LogP contribution in [-0.4, -0.2) is 11.2 Å².